The fraction of sp³-hybridized carbons (Fsp3) is 0.273. The molecule has 3 rings (SSSR count). The maximum Gasteiger partial charge on any atom is 0.264 e. The Morgan fingerprint density at radius 3 is 2.66 bits per heavy atom. The van der Waals surface area contributed by atoms with E-state index in [9.17, 15) is 14.0 Å². The summed E-state index contributed by atoms with van der Waals surface area (Å²) in [5.74, 6) is -0.983. The molecule has 2 aromatic carbocycles. The lowest BCUT2D eigenvalue weighted by molar-refractivity contribution is -0.117. The number of thiophene rings is 1. The molecule has 5 nitrogen and oxygen atoms in total. The molecule has 0 unspecified atom stereocenters. The number of nitrogens with one attached hydrogen (secondary N) is 1. The van der Waals surface area contributed by atoms with Crippen molar-refractivity contribution in [3.8, 4) is 0 Å². The molecule has 0 radical (unpaired) electrons. The van der Waals surface area contributed by atoms with E-state index in [2.05, 4.69) is 5.32 Å². The van der Waals surface area contributed by atoms with Crippen molar-refractivity contribution in [2.24, 2.45) is 0 Å². The number of carbonyl (C=O) groups excluding carboxylic acids is 2. The number of hydrogen-bond donors (Lipinski definition) is 1. The number of amides is 2. The fourth-order valence-corrected chi connectivity index (χ4v) is 4.03. The second kappa shape index (κ2) is 9.15. The van der Waals surface area contributed by atoms with Gasteiger partial charge in [0.15, 0.2) is 0 Å². The highest BCUT2D eigenvalue weighted by molar-refractivity contribution is 7.20. The molecule has 2 amide bonds. The highest BCUT2D eigenvalue weighted by atomic mass is 32.1. The molecule has 0 bridgehead atoms. The normalized spacial score (nSPS) is 10.9. The van der Waals surface area contributed by atoms with Gasteiger partial charge in [0.2, 0.25) is 5.91 Å². The maximum absolute atomic E-state index is 14.0. The first-order valence-electron chi connectivity index (χ1n) is 9.23. The Morgan fingerprint density at radius 1 is 1.17 bits per heavy atom. The van der Waals surface area contributed by atoms with Crippen LogP contribution in [0.5, 0.6) is 0 Å². The van der Waals surface area contributed by atoms with Gasteiger partial charge in [0.1, 0.15) is 12.4 Å². The topological polar surface area (TPSA) is 58.6 Å². The number of fused-ring (bicyclic) bond motifs is 1. The molecule has 152 valence electrons. The van der Waals surface area contributed by atoms with Crippen LogP contribution in [0.3, 0.4) is 0 Å². The highest BCUT2D eigenvalue weighted by Gasteiger charge is 2.22. The van der Waals surface area contributed by atoms with Crippen LogP contribution in [0.1, 0.15) is 20.8 Å². The number of methoxy groups -OCH3 is 1. The second-order valence-corrected chi connectivity index (χ2v) is 7.86. The van der Waals surface area contributed by atoms with Crippen molar-refractivity contribution in [2.75, 3.05) is 32.1 Å². The lowest BCUT2D eigenvalue weighted by Crippen LogP contribution is -2.39. The van der Waals surface area contributed by atoms with Crippen LogP contribution in [0.15, 0.2) is 42.5 Å². The standard InChI is InChI=1S/C22H23FN2O3S/c1-14-6-4-8-18(15(14)2)24-21(26)13-25(10-11-28-3)22(27)20-12-16-17(23)7-5-9-19(16)29-20/h4-9,12H,10-11,13H2,1-3H3,(H,24,26). The highest BCUT2D eigenvalue weighted by Crippen LogP contribution is 2.28. The molecule has 7 heteroatoms. The van der Waals surface area contributed by atoms with Crippen molar-refractivity contribution >= 4 is 38.9 Å². The molecule has 0 aliphatic carbocycles. The number of nitrogens with zero attached hydrogens (tertiary/aromatic N) is 1. The summed E-state index contributed by atoms with van der Waals surface area (Å²) in [6.45, 7) is 4.34. The number of halogens is 1. The van der Waals surface area contributed by atoms with Crippen LogP contribution in [0.2, 0.25) is 0 Å². The van der Waals surface area contributed by atoms with E-state index in [4.69, 9.17) is 4.74 Å². The van der Waals surface area contributed by atoms with E-state index >= 15 is 0 Å². The number of anilines is 1. The first kappa shape index (κ1) is 21.0. The third-order valence-electron chi connectivity index (χ3n) is 4.78. The predicted molar refractivity (Wildman–Crippen MR) is 114 cm³/mol. The molecule has 29 heavy (non-hydrogen) atoms. The number of benzene rings is 2. The Bertz CT molecular complexity index is 1050. The minimum Gasteiger partial charge on any atom is -0.383 e. The number of rotatable bonds is 7. The molecule has 1 heterocycles. The van der Waals surface area contributed by atoms with E-state index in [1.807, 2.05) is 32.0 Å². The van der Waals surface area contributed by atoms with Gasteiger partial charge in [-0.25, -0.2) is 4.39 Å². The zero-order valence-electron chi connectivity index (χ0n) is 16.6. The molecule has 0 saturated heterocycles. The average Bonchev–Trinajstić information content (AvgIpc) is 3.14. The summed E-state index contributed by atoms with van der Waals surface area (Å²) in [5.41, 5.74) is 2.77. The Morgan fingerprint density at radius 2 is 1.93 bits per heavy atom. The largest absolute Gasteiger partial charge is 0.383 e. The number of aryl methyl sites for hydroxylation is 1. The van der Waals surface area contributed by atoms with E-state index in [0.717, 1.165) is 16.8 Å². The summed E-state index contributed by atoms with van der Waals surface area (Å²) in [7, 11) is 1.54. The van der Waals surface area contributed by atoms with Crippen molar-refractivity contribution in [1.82, 2.24) is 4.90 Å². The van der Waals surface area contributed by atoms with Crippen molar-refractivity contribution in [2.45, 2.75) is 13.8 Å². The van der Waals surface area contributed by atoms with Gasteiger partial charge >= 0.3 is 0 Å². The van der Waals surface area contributed by atoms with Crippen LogP contribution in [0.25, 0.3) is 10.1 Å². The molecule has 0 fully saturated rings. The summed E-state index contributed by atoms with van der Waals surface area (Å²) in [6.07, 6.45) is 0. The molecule has 3 aromatic rings. The van der Waals surface area contributed by atoms with Gasteiger partial charge in [-0.15, -0.1) is 11.3 Å². The lowest BCUT2D eigenvalue weighted by Gasteiger charge is -2.21. The van der Waals surface area contributed by atoms with Gasteiger partial charge in [0.25, 0.3) is 5.91 Å². The van der Waals surface area contributed by atoms with Gasteiger partial charge in [-0.05, 0) is 49.2 Å². The lowest BCUT2D eigenvalue weighted by atomic mass is 10.1. The first-order valence-corrected chi connectivity index (χ1v) is 10.0. The van der Waals surface area contributed by atoms with Gasteiger partial charge in [-0.2, -0.15) is 0 Å². The van der Waals surface area contributed by atoms with Gasteiger partial charge in [-0.3, -0.25) is 9.59 Å². The summed E-state index contributed by atoms with van der Waals surface area (Å²) < 4.78 is 19.8. The molecule has 1 aromatic heterocycles. The Kier molecular flexibility index (Phi) is 6.61. The van der Waals surface area contributed by atoms with E-state index in [1.54, 1.807) is 18.2 Å². The Balaban J connectivity index is 1.79. The maximum atomic E-state index is 14.0. The quantitative estimate of drug-likeness (QED) is 0.624. The van der Waals surface area contributed by atoms with Crippen molar-refractivity contribution in [1.29, 1.82) is 0 Å². The summed E-state index contributed by atoms with van der Waals surface area (Å²) in [4.78, 5) is 27.4. The monoisotopic (exact) mass is 414 g/mol. The average molecular weight is 415 g/mol. The molecular formula is C22H23FN2O3S. The number of carbonyl (C=O) groups is 2. The molecule has 0 atom stereocenters. The van der Waals surface area contributed by atoms with Crippen LogP contribution in [-0.2, 0) is 9.53 Å². The summed E-state index contributed by atoms with van der Waals surface area (Å²) >= 11 is 1.21. The third kappa shape index (κ3) is 4.81. The van der Waals surface area contributed by atoms with E-state index < -0.39 is 0 Å². The van der Waals surface area contributed by atoms with Crippen LogP contribution in [0.4, 0.5) is 10.1 Å². The van der Waals surface area contributed by atoms with Crippen LogP contribution < -0.4 is 5.32 Å². The smallest absolute Gasteiger partial charge is 0.264 e. The van der Waals surface area contributed by atoms with E-state index in [0.29, 0.717) is 21.6 Å². The fourth-order valence-electron chi connectivity index (χ4n) is 2.99. The zero-order valence-corrected chi connectivity index (χ0v) is 17.4. The number of hydrogen-bond acceptors (Lipinski definition) is 4. The SMILES string of the molecule is COCCN(CC(=O)Nc1cccc(C)c1C)C(=O)c1cc2c(F)cccc2s1. The molecule has 0 aliphatic rings. The van der Waals surface area contributed by atoms with Crippen LogP contribution in [0, 0.1) is 19.7 Å². The van der Waals surface area contributed by atoms with Crippen LogP contribution in [-0.4, -0.2) is 43.5 Å². The third-order valence-corrected chi connectivity index (χ3v) is 5.87. The minimum atomic E-state index is -0.367. The predicted octanol–water partition coefficient (Wildman–Crippen LogP) is 4.38. The minimum absolute atomic E-state index is 0.119. The Hall–Kier alpha value is -2.77. The van der Waals surface area contributed by atoms with E-state index in [-0.39, 0.29) is 30.7 Å². The van der Waals surface area contributed by atoms with E-state index in [1.165, 1.54) is 29.4 Å². The molecular weight excluding hydrogens is 391 g/mol. The van der Waals surface area contributed by atoms with Crippen molar-refractivity contribution in [3.63, 3.8) is 0 Å². The summed E-state index contributed by atoms with van der Waals surface area (Å²) in [5, 5.41) is 3.28. The van der Waals surface area contributed by atoms with Gasteiger partial charge in [0.05, 0.1) is 11.5 Å². The second-order valence-electron chi connectivity index (χ2n) is 6.78. The van der Waals surface area contributed by atoms with Gasteiger partial charge in [0, 0.05) is 29.4 Å². The van der Waals surface area contributed by atoms with Crippen molar-refractivity contribution in [3.05, 3.63) is 64.3 Å². The van der Waals surface area contributed by atoms with Crippen molar-refractivity contribution < 1.29 is 18.7 Å². The molecule has 0 aliphatic heterocycles. The van der Waals surface area contributed by atoms with Gasteiger partial charge < -0.3 is 15.0 Å². The van der Waals surface area contributed by atoms with Gasteiger partial charge in [-0.1, -0.05) is 18.2 Å². The van der Waals surface area contributed by atoms with Crippen LogP contribution >= 0.6 is 11.3 Å². The molecule has 0 saturated carbocycles. The first-order chi connectivity index (χ1) is 13.9. The summed E-state index contributed by atoms with van der Waals surface area (Å²) in [6, 6.07) is 12.0. The molecule has 0 spiro atoms. The number of ether oxygens (including phenoxy) is 1. The Labute approximate surface area is 173 Å². The molecule has 1 N–H and O–H groups in total. The zero-order chi connectivity index (χ0) is 21.0.